The highest BCUT2D eigenvalue weighted by molar-refractivity contribution is 6.27. The SMILES string of the molecule is C=CN(C=N)c1ccc2c3c(cccc13)C(=O)N(CCN(C)CCCN(C)C(C)CC)C2=O.O=C1NC(=O)c2cccc3cccc1c23. The lowest BCUT2D eigenvalue weighted by molar-refractivity contribution is 0.0595. The zero-order valence-corrected chi connectivity index (χ0v) is 28.0. The molecule has 1 unspecified atom stereocenters. The maximum Gasteiger partial charge on any atom is 0.261 e. The summed E-state index contributed by atoms with van der Waals surface area (Å²) in [5, 5.41) is 13.0. The second kappa shape index (κ2) is 14.7. The van der Waals surface area contributed by atoms with Crippen molar-refractivity contribution in [2.24, 2.45) is 0 Å². The van der Waals surface area contributed by atoms with Crippen LogP contribution in [0.25, 0.3) is 21.5 Å². The largest absolute Gasteiger partial charge is 0.308 e. The van der Waals surface area contributed by atoms with E-state index in [1.807, 2.05) is 43.4 Å². The van der Waals surface area contributed by atoms with Crippen molar-refractivity contribution in [2.45, 2.75) is 32.7 Å². The second-order valence-corrected chi connectivity index (χ2v) is 12.2. The highest BCUT2D eigenvalue weighted by Gasteiger charge is 2.33. The summed E-state index contributed by atoms with van der Waals surface area (Å²) in [6.07, 6.45) is 4.86. The van der Waals surface area contributed by atoms with Crippen LogP contribution in [0.15, 0.2) is 79.5 Å². The van der Waals surface area contributed by atoms with Gasteiger partial charge in [0, 0.05) is 63.7 Å². The molecule has 0 radical (unpaired) electrons. The van der Waals surface area contributed by atoms with Crippen molar-refractivity contribution in [3.8, 4) is 0 Å². The van der Waals surface area contributed by atoms with Gasteiger partial charge in [-0.2, -0.15) is 0 Å². The van der Waals surface area contributed by atoms with Crippen molar-refractivity contribution in [1.29, 1.82) is 5.41 Å². The third-order valence-electron chi connectivity index (χ3n) is 9.30. The number of hydrogen-bond acceptors (Lipinski definition) is 7. The van der Waals surface area contributed by atoms with Crippen molar-refractivity contribution in [2.75, 3.05) is 45.2 Å². The number of nitrogens with one attached hydrogen (secondary N) is 2. The van der Waals surface area contributed by atoms with Gasteiger partial charge in [0.1, 0.15) is 0 Å². The smallest absolute Gasteiger partial charge is 0.261 e. The third kappa shape index (κ3) is 6.62. The normalized spacial score (nSPS) is 14.2. The molecule has 0 spiro atoms. The Balaban J connectivity index is 0.000000247. The maximum absolute atomic E-state index is 13.3. The molecule has 0 fully saturated rings. The fourth-order valence-electron chi connectivity index (χ4n) is 6.24. The molecular formula is C38H42N6O4. The number of amides is 4. The minimum atomic E-state index is -0.315. The predicted octanol–water partition coefficient (Wildman–Crippen LogP) is 5.77. The van der Waals surface area contributed by atoms with E-state index in [2.05, 4.69) is 42.6 Å². The molecule has 4 aromatic rings. The molecule has 6 rings (SSSR count). The minimum Gasteiger partial charge on any atom is -0.308 e. The first-order valence-corrected chi connectivity index (χ1v) is 16.2. The lowest BCUT2D eigenvalue weighted by Gasteiger charge is -2.30. The highest BCUT2D eigenvalue weighted by atomic mass is 16.2. The summed E-state index contributed by atoms with van der Waals surface area (Å²) < 4.78 is 0. The van der Waals surface area contributed by atoms with E-state index in [1.54, 1.807) is 35.2 Å². The van der Waals surface area contributed by atoms with Crippen LogP contribution in [0.4, 0.5) is 5.69 Å². The molecule has 0 saturated heterocycles. The van der Waals surface area contributed by atoms with Crippen molar-refractivity contribution in [1.82, 2.24) is 20.0 Å². The number of nitrogens with zero attached hydrogens (tertiary/aromatic N) is 4. The zero-order chi connectivity index (χ0) is 34.5. The van der Waals surface area contributed by atoms with E-state index in [0.29, 0.717) is 46.8 Å². The van der Waals surface area contributed by atoms with Gasteiger partial charge in [-0.05, 0) is 82.7 Å². The fourth-order valence-corrected chi connectivity index (χ4v) is 6.24. The van der Waals surface area contributed by atoms with Gasteiger partial charge in [0.25, 0.3) is 23.6 Å². The second-order valence-electron chi connectivity index (χ2n) is 12.2. The topological polar surface area (TPSA) is 117 Å². The Morgan fingerprint density at radius 2 is 1.42 bits per heavy atom. The van der Waals surface area contributed by atoms with Crippen molar-refractivity contribution in [3.05, 3.63) is 102 Å². The molecule has 0 bridgehead atoms. The maximum atomic E-state index is 13.3. The van der Waals surface area contributed by atoms with Gasteiger partial charge >= 0.3 is 0 Å². The molecule has 4 aromatic carbocycles. The molecule has 1 atom stereocenters. The molecule has 10 nitrogen and oxygen atoms in total. The van der Waals surface area contributed by atoms with Gasteiger partial charge in [-0.25, -0.2) is 0 Å². The molecule has 2 aliphatic heterocycles. The van der Waals surface area contributed by atoms with Gasteiger partial charge in [0.15, 0.2) is 0 Å². The number of hydrogen-bond donors (Lipinski definition) is 2. The Hall–Kier alpha value is -5.19. The molecule has 48 heavy (non-hydrogen) atoms. The van der Waals surface area contributed by atoms with E-state index in [0.717, 1.165) is 54.1 Å². The average Bonchev–Trinajstić information content (AvgIpc) is 3.10. The Kier molecular flexibility index (Phi) is 10.5. The summed E-state index contributed by atoms with van der Waals surface area (Å²) in [7, 11) is 4.18. The Labute approximate surface area is 281 Å². The van der Waals surface area contributed by atoms with Gasteiger partial charge in [-0.15, -0.1) is 0 Å². The number of anilines is 1. The molecule has 2 aliphatic rings. The lowest BCUT2D eigenvalue weighted by Crippen LogP contribution is -2.44. The number of likely N-dealkylation sites (N-methyl/N-ethyl adjacent to an activating group) is 1. The van der Waals surface area contributed by atoms with E-state index in [1.165, 1.54) is 11.1 Å². The predicted molar refractivity (Wildman–Crippen MR) is 191 cm³/mol. The van der Waals surface area contributed by atoms with Crippen LogP contribution < -0.4 is 10.2 Å². The van der Waals surface area contributed by atoms with Gasteiger partial charge in [-0.1, -0.05) is 49.9 Å². The van der Waals surface area contributed by atoms with E-state index < -0.39 is 0 Å². The van der Waals surface area contributed by atoms with Gasteiger partial charge in [-0.3, -0.25) is 34.8 Å². The number of rotatable bonds is 12. The van der Waals surface area contributed by atoms with E-state index in [4.69, 9.17) is 5.41 Å². The molecule has 0 aliphatic carbocycles. The summed E-state index contributed by atoms with van der Waals surface area (Å²) in [6, 6.07) is 20.5. The van der Waals surface area contributed by atoms with Crippen LogP contribution >= 0.6 is 0 Å². The molecule has 10 heteroatoms. The number of carbonyl (C=O) groups is 4. The first-order valence-electron chi connectivity index (χ1n) is 16.2. The monoisotopic (exact) mass is 646 g/mol. The molecule has 2 N–H and O–H groups in total. The number of imide groups is 2. The summed E-state index contributed by atoms with van der Waals surface area (Å²) in [4.78, 5) is 57.1. The lowest BCUT2D eigenvalue weighted by atomic mass is 9.92. The van der Waals surface area contributed by atoms with Crippen molar-refractivity contribution >= 4 is 57.2 Å². The Morgan fingerprint density at radius 1 is 0.812 bits per heavy atom. The fraction of sp³-hybridized carbons (Fsp3) is 0.289. The highest BCUT2D eigenvalue weighted by Crippen LogP contribution is 2.36. The molecule has 0 aromatic heterocycles. The van der Waals surface area contributed by atoms with Gasteiger partial charge in [0.2, 0.25) is 0 Å². The molecule has 2 heterocycles. The zero-order valence-electron chi connectivity index (χ0n) is 28.0. The van der Waals surface area contributed by atoms with Crippen LogP contribution in [-0.4, -0.2) is 91.0 Å². The summed E-state index contributed by atoms with van der Waals surface area (Å²) in [5.74, 6) is -1.16. The average molecular weight is 647 g/mol. The summed E-state index contributed by atoms with van der Waals surface area (Å²) in [6.45, 7) is 11.1. The number of benzene rings is 4. The van der Waals surface area contributed by atoms with Crippen molar-refractivity contribution in [3.63, 3.8) is 0 Å². The first-order chi connectivity index (χ1) is 23.1. The summed E-state index contributed by atoms with van der Waals surface area (Å²) in [5.41, 5.74) is 2.91. The Bertz CT molecular complexity index is 1840. The molecule has 0 saturated carbocycles. The first kappa shape index (κ1) is 34.2. The quantitative estimate of drug-likeness (QED) is 0.114. The van der Waals surface area contributed by atoms with E-state index in [-0.39, 0.29) is 23.6 Å². The van der Waals surface area contributed by atoms with Crippen LogP contribution in [-0.2, 0) is 0 Å². The van der Waals surface area contributed by atoms with E-state index >= 15 is 0 Å². The van der Waals surface area contributed by atoms with Crippen LogP contribution in [0.5, 0.6) is 0 Å². The van der Waals surface area contributed by atoms with Crippen LogP contribution in [0.3, 0.4) is 0 Å². The van der Waals surface area contributed by atoms with Gasteiger partial charge < -0.3 is 14.7 Å². The Morgan fingerprint density at radius 3 is 2.02 bits per heavy atom. The minimum absolute atomic E-state index is 0.264. The van der Waals surface area contributed by atoms with Crippen molar-refractivity contribution < 1.29 is 19.2 Å². The summed E-state index contributed by atoms with van der Waals surface area (Å²) >= 11 is 0. The standard InChI is InChI=1S/C26H35N5O2.C12H7NO2/c1-6-19(3)29(5)15-9-14-28(4)16-17-31-25(32)21-11-8-10-20-23(30(7-2)18-27)13-12-22(24(20)21)26(31)33;14-11-8-5-1-3-7-4-2-6-9(10(7)8)12(15)13-11/h7-8,10-13,18-19,27H,2,6,9,14-17H2,1,3-5H3;1-6H,(H,13,14,15). The van der Waals surface area contributed by atoms with Crippen LogP contribution in [0.2, 0.25) is 0 Å². The third-order valence-corrected chi connectivity index (χ3v) is 9.30. The molecule has 4 amide bonds. The molecule has 248 valence electrons. The number of carbonyl (C=O) groups excluding carboxylic acids is 4. The van der Waals surface area contributed by atoms with Crippen LogP contribution in [0.1, 0.15) is 68.1 Å². The molecular weight excluding hydrogens is 604 g/mol. The van der Waals surface area contributed by atoms with Gasteiger partial charge in [0.05, 0.1) is 12.0 Å². The van der Waals surface area contributed by atoms with Crippen LogP contribution in [0, 0.1) is 5.41 Å². The van der Waals surface area contributed by atoms with E-state index in [9.17, 15) is 19.2 Å².